The Morgan fingerprint density at radius 2 is 2.04 bits per heavy atom. The Kier molecular flexibility index (Phi) is 4.55. The van der Waals surface area contributed by atoms with Crippen molar-refractivity contribution in [2.75, 3.05) is 12.4 Å². The third-order valence-electron chi connectivity index (χ3n) is 4.12. The molecule has 128 valence electrons. The van der Waals surface area contributed by atoms with Gasteiger partial charge in [-0.3, -0.25) is 4.68 Å². The summed E-state index contributed by atoms with van der Waals surface area (Å²) in [6, 6.07) is 10.7. The summed E-state index contributed by atoms with van der Waals surface area (Å²) < 4.78 is 6.77. The van der Waals surface area contributed by atoms with E-state index in [1.165, 1.54) is 0 Å². The summed E-state index contributed by atoms with van der Waals surface area (Å²) in [5.74, 6) is 1.16. The molecule has 1 aromatic carbocycles. The number of aliphatic hydroxyl groups is 1. The monoisotopic (exact) mass is 337 g/mol. The number of pyridine rings is 1. The van der Waals surface area contributed by atoms with Crippen LogP contribution in [-0.2, 0) is 7.05 Å². The van der Waals surface area contributed by atoms with Crippen molar-refractivity contribution in [1.82, 2.24) is 14.8 Å². The molecule has 0 saturated carbocycles. The van der Waals surface area contributed by atoms with Gasteiger partial charge in [0.25, 0.3) is 0 Å². The van der Waals surface area contributed by atoms with E-state index < -0.39 is 6.10 Å². The lowest BCUT2D eigenvalue weighted by Crippen LogP contribution is -2.25. The predicted octanol–water partition coefficient (Wildman–Crippen LogP) is 2.38. The van der Waals surface area contributed by atoms with Crippen LogP contribution in [0.25, 0.3) is 11.0 Å². The maximum Gasteiger partial charge on any atom is 0.159 e. The van der Waals surface area contributed by atoms with Gasteiger partial charge in [0.2, 0.25) is 0 Å². The van der Waals surface area contributed by atoms with Crippen LogP contribution in [0.3, 0.4) is 0 Å². The summed E-state index contributed by atoms with van der Waals surface area (Å²) in [4.78, 5) is 4.48. The molecule has 2 aromatic heterocycles. The van der Waals surface area contributed by atoms with Gasteiger partial charge < -0.3 is 15.2 Å². The van der Waals surface area contributed by atoms with Crippen molar-refractivity contribution in [2.24, 2.45) is 7.05 Å². The smallest absolute Gasteiger partial charge is 0.159 e. The lowest BCUT2D eigenvalue weighted by Gasteiger charge is -2.22. The summed E-state index contributed by atoms with van der Waals surface area (Å²) in [6.45, 7) is 1.84. The molecular weight excluding hydrogens is 318 g/mol. The van der Waals surface area contributed by atoms with Gasteiger partial charge in [-0.25, -0.2) is 4.98 Å². The number of methoxy groups -OCH3 is 1. The van der Waals surface area contributed by atoms with Crippen LogP contribution in [0.2, 0.25) is 0 Å². The van der Waals surface area contributed by atoms with Gasteiger partial charge in [-0.1, -0.05) is 12.1 Å². The Labute approximate surface area is 145 Å². The molecule has 7 heteroatoms. The van der Waals surface area contributed by atoms with Gasteiger partial charge in [-0.15, -0.1) is 0 Å². The van der Waals surface area contributed by atoms with Crippen LogP contribution >= 0.6 is 0 Å². The molecule has 0 spiro atoms. The second-order valence-electron chi connectivity index (χ2n) is 5.83. The highest BCUT2D eigenvalue weighted by Gasteiger charge is 2.19. The van der Waals surface area contributed by atoms with E-state index >= 15 is 0 Å². The summed E-state index contributed by atoms with van der Waals surface area (Å²) in [5, 5.41) is 28.0. The Morgan fingerprint density at radius 3 is 2.68 bits per heavy atom. The van der Waals surface area contributed by atoms with E-state index in [0.717, 1.165) is 16.7 Å². The number of hydrogen-bond donors (Lipinski definition) is 2. The summed E-state index contributed by atoms with van der Waals surface area (Å²) >= 11 is 0. The number of hydrogen-bond acceptors (Lipinski definition) is 6. The van der Waals surface area contributed by atoms with Gasteiger partial charge in [-0.2, -0.15) is 10.4 Å². The van der Waals surface area contributed by atoms with Gasteiger partial charge in [0, 0.05) is 12.4 Å². The number of fused-ring (bicyclic) bond motifs is 1. The zero-order valence-electron chi connectivity index (χ0n) is 14.3. The first-order valence-corrected chi connectivity index (χ1v) is 7.85. The van der Waals surface area contributed by atoms with Crippen LogP contribution in [0.1, 0.15) is 24.2 Å². The summed E-state index contributed by atoms with van der Waals surface area (Å²) in [6.07, 6.45) is 0.907. The first kappa shape index (κ1) is 16.7. The molecule has 0 saturated heterocycles. The molecule has 2 N–H and O–H groups in total. The number of rotatable bonds is 5. The fourth-order valence-electron chi connectivity index (χ4n) is 2.66. The van der Waals surface area contributed by atoms with E-state index in [4.69, 9.17) is 4.74 Å². The number of aliphatic hydroxyl groups excluding tert-OH is 1. The number of aromatic nitrogens is 3. The number of ether oxygens (including phenoxy) is 1. The number of anilines is 1. The maximum absolute atomic E-state index is 10.6. The van der Waals surface area contributed by atoms with Crippen LogP contribution in [0.15, 0.2) is 36.5 Å². The fourth-order valence-corrected chi connectivity index (χ4v) is 2.66. The van der Waals surface area contributed by atoms with Crippen LogP contribution in [-0.4, -0.2) is 33.0 Å². The van der Waals surface area contributed by atoms with Crippen LogP contribution in [0.4, 0.5) is 5.82 Å². The first-order valence-electron chi connectivity index (χ1n) is 7.85. The average molecular weight is 337 g/mol. The normalized spacial score (nSPS) is 13.2. The van der Waals surface area contributed by atoms with Crippen LogP contribution in [0, 0.1) is 11.3 Å². The molecule has 0 bridgehead atoms. The zero-order valence-corrected chi connectivity index (χ0v) is 14.3. The Bertz CT molecular complexity index is 927. The Morgan fingerprint density at radius 1 is 1.32 bits per heavy atom. The van der Waals surface area contributed by atoms with E-state index in [1.807, 2.05) is 19.1 Å². The molecule has 0 fully saturated rings. The molecule has 7 nitrogen and oxygen atoms in total. The number of nitrogens with one attached hydrogen (secondary N) is 1. The molecule has 25 heavy (non-hydrogen) atoms. The van der Waals surface area contributed by atoms with E-state index in [0.29, 0.717) is 17.0 Å². The maximum atomic E-state index is 10.6. The quantitative estimate of drug-likeness (QED) is 0.742. The molecule has 2 unspecified atom stereocenters. The summed E-state index contributed by atoms with van der Waals surface area (Å²) in [5.41, 5.74) is 1.84. The van der Waals surface area contributed by atoms with Gasteiger partial charge in [0.05, 0.1) is 31.0 Å². The van der Waals surface area contributed by atoms with Gasteiger partial charge >= 0.3 is 0 Å². The minimum Gasteiger partial charge on any atom is -0.497 e. The van der Waals surface area contributed by atoms with E-state index in [9.17, 15) is 10.4 Å². The SMILES string of the molecule is COc1ccc(C(O)C(C)Nc2nc3c(cnn3C)cc2C#N)cc1. The fraction of sp³-hybridized carbons (Fsp3) is 0.278. The second kappa shape index (κ2) is 6.79. The number of aryl methyl sites for hydroxylation is 1. The Balaban J connectivity index is 1.86. The van der Waals surface area contributed by atoms with Crippen LogP contribution in [0.5, 0.6) is 5.75 Å². The van der Waals surface area contributed by atoms with E-state index in [-0.39, 0.29) is 6.04 Å². The van der Waals surface area contributed by atoms with Gasteiger partial charge in [0.15, 0.2) is 5.65 Å². The minimum absolute atomic E-state index is 0.348. The number of benzene rings is 1. The topological polar surface area (TPSA) is 96.0 Å². The molecule has 2 atom stereocenters. The standard InChI is InChI=1S/C18H19N5O2/c1-11(16(24)12-4-6-15(25-3)7-5-12)21-17-13(9-19)8-14-10-20-23(2)18(14)22-17/h4-8,10-11,16,24H,1-3H3,(H,21,22). The van der Waals surface area contributed by atoms with Crippen molar-refractivity contribution >= 4 is 16.9 Å². The molecule has 0 radical (unpaired) electrons. The molecular formula is C18H19N5O2. The largest absolute Gasteiger partial charge is 0.497 e. The number of nitrogens with zero attached hydrogens (tertiary/aromatic N) is 4. The highest BCUT2D eigenvalue weighted by molar-refractivity contribution is 5.79. The average Bonchev–Trinajstić information content (AvgIpc) is 3.00. The van der Waals surface area contributed by atoms with Crippen molar-refractivity contribution in [2.45, 2.75) is 19.1 Å². The molecule has 3 rings (SSSR count). The zero-order chi connectivity index (χ0) is 18.0. The van der Waals surface area contributed by atoms with Crippen molar-refractivity contribution in [3.05, 3.63) is 47.7 Å². The lowest BCUT2D eigenvalue weighted by atomic mass is 10.0. The molecule has 0 amide bonds. The lowest BCUT2D eigenvalue weighted by molar-refractivity contribution is 0.160. The highest BCUT2D eigenvalue weighted by atomic mass is 16.5. The van der Waals surface area contributed by atoms with Crippen molar-refractivity contribution < 1.29 is 9.84 Å². The van der Waals surface area contributed by atoms with Gasteiger partial charge in [0.1, 0.15) is 17.6 Å². The highest BCUT2D eigenvalue weighted by Crippen LogP contribution is 2.25. The van der Waals surface area contributed by atoms with Crippen LogP contribution < -0.4 is 10.1 Å². The molecule has 2 heterocycles. The summed E-state index contributed by atoms with van der Waals surface area (Å²) in [7, 11) is 3.39. The van der Waals surface area contributed by atoms with Crippen molar-refractivity contribution in [1.29, 1.82) is 5.26 Å². The Hall–Kier alpha value is -3.11. The van der Waals surface area contributed by atoms with E-state index in [1.54, 1.807) is 43.2 Å². The number of nitriles is 1. The molecule has 0 aliphatic heterocycles. The van der Waals surface area contributed by atoms with E-state index in [2.05, 4.69) is 21.5 Å². The van der Waals surface area contributed by atoms with Gasteiger partial charge in [-0.05, 0) is 30.7 Å². The molecule has 0 aliphatic rings. The first-order chi connectivity index (χ1) is 12.0. The predicted molar refractivity (Wildman–Crippen MR) is 94.3 cm³/mol. The third-order valence-corrected chi connectivity index (χ3v) is 4.12. The molecule has 3 aromatic rings. The third kappa shape index (κ3) is 3.25. The van der Waals surface area contributed by atoms with Crippen molar-refractivity contribution in [3.63, 3.8) is 0 Å². The minimum atomic E-state index is -0.763. The molecule has 0 aliphatic carbocycles. The van der Waals surface area contributed by atoms with Crippen molar-refractivity contribution in [3.8, 4) is 11.8 Å². The second-order valence-corrected chi connectivity index (χ2v) is 5.83.